The van der Waals surface area contributed by atoms with Crippen molar-refractivity contribution in [3.05, 3.63) is 35.9 Å². The number of piperidine rings is 1. The highest BCUT2D eigenvalue weighted by Gasteiger charge is 2.23. The van der Waals surface area contributed by atoms with Crippen molar-refractivity contribution < 1.29 is 4.74 Å². The third-order valence-corrected chi connectivity index (χ3v) is 3.75. The van der Waals surface area contributed by atoms with Crippen LogP contribution < -0.4 is 5.73 Å². The molecule has 0 aliphatic carbocycles. The first-order valence-electron chi connectivity index (χ1n) is 7.70. The van der Waals surface area contributed by atoms with Gasteiger partial charge in [-0.05, 0) is 38.7 Å². The van der Waals surface area contributed by atoms with Crippen molar-refractivity contribution >= 4 is 0 Å². The molecule has 0 bridgehead atoms. The molecule has 3 heteroatoms. The molecular formula is C17H28N2O. The molecule has 2 N–H and O–H groups in total. The first kappa shape index (κ1) is 15.5. The average molecular weight is 276 g/mol. The monoisotopic (exact) mass is 276 g/mol. The fraction of sp³-hybridized carbons (Fsp3) is 0.647. The van der Waals surface area contributed by atoms with Gasteiger partial charge in [-0.3, -0.25) is 0 Å². The molecule has 20 heavy (non-hydrogen) atoms. The van der Waals surface area contributed by atoms with Gasteiger partial charge in [-0.1, -0.05) is 30.3 Å². The first-order valence-corrected chi connectivity index (χ1v) is 7.70. The van der Waals surface area contributed by atoms with Crippen LogP contribution in [0.1, 0.15) is 32.3 Å². The lowest BCUT2D eigenvalue weighted by atomic mass is 10.0. The molecule has 1 saturated heterocycles. The number of ether oxygens (including phenoxy) is 1. The third kappa shape index (κ3) is 5.61. The highest BCUT2D eigenvalue weighted by atomic mass is 16.5. The Bertz CT molecular complexity index is 378. The quantitative estimate of drug-likeness (QED) is 0.867. The molecule has 0 amide bonds. The predicted octanol–water partition coefficient (Wildman–Crippen LogP) is 2.45. The zero-order chi connectivity index (χ0) is 14.4. The minimum atomic E-state index is -0.0962. The fourth-order valence-electron chi connectivity index (χ4n) is 2.80. The molecule has 0 unspecified atom stereocenters. The lowest BCUT2D eigenvalue weighted by Crippen LogP contribution is -2.48. The third-order valence-electron chi connectivity index (χ3n) is 3.75. The van der Waals surface area contributed by atoms with Crippen LogP contribution in [0.4, 0.5) is 0 Å². The Hall–Kier alpha value is -0.900. The summed E-state index contributed by atoms with van der Waals surface area (Å²) in [6.07, 6.45) is 3.70. The van der Waals surface area contributed by atoms with E-state index in [0.29, 0.717) is 6.10 Å². The van der Waals surface area contributed by atoms with Gasteiger partial charge in [0.05, 0.1) is 12.7 Å². The minimum Gasteiger partial charge on any atom is -0.378 e. The largest absolute Gasteiger partial charge is 0.378 e. The lowest BCUT2D eigenvalue weighted by molar-refractivity contribution is 0.00587. The molecule has 2 rings (SSSR count). The summed E-state index contributed by atoms with van der Waals surface area (Å²) >= 11 is 0. The highest BCUT2D eigenvalue weighted by Crippen LogP contribution is 2.16. The van der Waals surface area contributed by atoms with E-state index in [9.17, 15) is 0 Å². The SMILES string of the molecule is CC(C)(N)CN1CCC(OCCc2ccccc2)CC1. The zero-order valence-corrected chi connectivity index (χ0v) is 12.8. The van der Waals surface area contributed by atoms with E-state index in [1.807, 2.05) is 0 Å². The van der Waals surface area contributed by atoms with Gasteiger partial charge in [-0.2, -0.15) is 0 Å². The van der Waals surface area contributed by atoms with Crippen LogP contribution in [-0.2, 0) is 11.2 Å². The van der Waals surface area contributed by atoms with Gasteiger partial charge in [0.15, 0.2) is 0 Å². The van der Waals surface area contributed by atoms with Crippen LogP contribution in [0.2, 0.25) is 0 Å². The van der Waals surface area contributed by atoms with Crippen LogP contribution >= 0.6 is 0 Å². The molecule has 0 aromatic heterocycles. The minimum absolute atomic E-state index is 0.0962. The zero-order valence-electron chi connectivity index (χ0n) is 12.8. The molecular weight excluding hydrogens is 248 g/mol. The summed E-state index contributed by atoms with van der Waals surface area (Å²) in [5.41, 5.74) is 7.33. The summed E-state index contributed by atoms with van der Waals surface area (Å²) in [6.45, 7) is 8.21. The normalized spacial score (nSPS) is 18.4. The van der Waals surface area contributed by atoms with Crippen molar-refractivity contribution in [3.8, 4) is 0 Å². The van der Waals surface area contributed by atoms with Gasteiger partial charge in [0.25, 0.3) is 0 Å². The van der Waals surface area contributed by atoms with E-state index in [0.717, 1.165) is 45.5 Å². The van der Waals surface area contributed by atoms with Gasteiger partial charge in [0.2, 0.25) is 0 Å². The number of nitrogens with two attached hydrogens (primary N) is 1. The van der Waals surface area contributed by atoms with Crippen molar-refractivity contribution in [1.29, 1.82) is 0 Å². The van der Waals surface area contributed by atoms with Crippen LogP contribution in [0, 0.1) is 0 Å². The van der Waals surface area contributed by atoms with Crippen molar-refractivity contribution in [2.45, 2.75) is 44.8 Å². The molecule has 3 nitrogen and oxygen atoms in total. The van der Waals surface area contributed by atoms with Crippen molar-refractivity contribution in [1.82, 2.24) is 4.90 Å². The maximum Gasteiger partial charge on any atom is 0.0599 e. The molecule has 0 radical (unpaired) electrons. The highest BCUT2D eigenvalue weighted by molar-refractivity contribution is 5.14. The molecule has 0 spiro atoms. The maximum absolute atomic E-state index is 6.07. The summed E-state index contributed by atoms with van der Waals surface area (Å²) in [4.78, 5) is 2.46. The Morgan fingerprint density at radius 2 is 1.85 bits per heavy atom. The predicted molar refractivity (Wildman–Crippen MR) is 83.8 cm³/mol. The Kier molecular flexibility index (Phi) is 5.58. The number of benzene rings is 1. The second kappa shape index (κ2) is 7.21. The van der Waals surface area contributed by atoms with E-state index in [4.69, 9.17) is 10.5 Å². The summed E-state index contributed by atoms with van der Waals surface area (Å²) in [5, 5.41) is 0. The van der Waals surface area contributed by atoms with E-state index in [-0.39, 0.29) is 5.54 Å². The maximum atomic E-state index is 6.07. The van der Waals surface area contributed by atoms with Gasteiger partial charge in [0, 0.05) is 25.2 Å². The van der Waals surface area contributed by atoms with Gasteiger partial charge >= 0.3 is 0 Å². The molecule has 0 atom stereocenters. The summed E-state index contributed by atoms with van der Waals surface area (Å²) in [7, 11) is 0. The van der Waals surface area contributed by atoms with Gasteiger partial charge in [-0.15, -0.1) is 0 Å². The van der Waals surface area contributed by atoms with Crippen molar-refractivity contribution in [2.75, 3.05) is 26.2 Å². The molecule has 1 fully saturated rings. The molecule has 1 heterocycles. The second-order valence-electron chi connectivity index (χ2n) is 6.57. The van der Waals surface area contributed by atoms with Crippen molar-refractivity contribution in [3.63, 3.8) is 0 Å². The number of rotatable bonds is 6. The van der Waals surface area contributed by atoms with Crippen LogP contribution in [0.5, 0.6) is 0 Å². The van der Waals surface area contributed by atoms with Crippen molar-refractivity contribution in [2.24, 2.45) is 5.73 Å². The van der Waals surface area contributed by atoms with E-state index in [2.05, 4.69) is 49.1 Å². The Morgan fingerprint density at radius 3 is 2.45 bits per heavy atom. The van der Waals surface area contributed by atoms with Gasteiger partial charge < -0.3 is 15.4 Å². The average Bonchev–Trinajstić information content (AvgIpc) is 2.40. The van der Waals surface area contributed by atoms with E-state index < -0.39 is 0 Å². The number of nitrogens with zero attached hydrogens (tertiary/aromatic N) is 1. The van der Waals surface area contributed by atoms with Crippen LogP contribution in [-0.4, -0.2) is 42.8 Å². The topological polar surface area (TPSA) is 38.5 Å². The van der Waals surface area contributed by atoms with Crippen LogP contribution in [0.15, 0.2) is 30.3 Å². The summed E-state index contributed by atoms with van der Waals surface area (Å²) < 4.78 is 6.01. The fourth-order valence-corrected chi connectivity index (χ4v) is 2.80. The molecule has 112 valence electrons. The molecule has 1 aliphatic heterocycles. The lowest BCUT2D eigenvalue weighted by Gasteiger charge is -2.35. The van der Waals surface area contributed by atoms with Gasteiger partial charge in [0.1, 0.15) is 0 Å². The summed E-state index contributed by atoms with van der Waals surface area (Å²) in [5.74, 6) is 0. The standard InChI is InChI=1S/C17H28N2O/c1-17(2,18)14-19-11-8-16(9-12-19)20-13-10-15-6-4-3-5-7-15/h3-7,16H,8-14,18H2,1-2H3. The smallest absolute Gasteiger partial charge is 0.0599 e. The van der Waals surface area contributed by atoms with E-state index in [1.165, 1.54) is 5.56 Å². The van der Waals surface area contributed by atoms with E-state index in [1.54, 1.807) is 0 Å². The van der Waals surface area contributed by atoms with Gasteiger partial charge in [-0.25, -0.2) is 0 Å². The molecule has 1 aromatic carbocycles. The second-order valence-corrected chi connectivity index (χ2v) is 6.57. The molecule has 0 saturated carbocycles. The number of hydrogen-bond donors (Lipinski definition) is 1. The molecule has 1 aliphatic rings. The first-order chi connectivity index (χ1) is 9.53. The summed E-state index contributed by atoms with van der Waals surface area (Å²) in [6, 6.07) is 10.5. The van der Waals surface area contributed by atoms with E-state index >= 15 is 0 Å². The van der Waals surface area contributed by atoms with Crippen LogP contribution in [0.25, 0.3) is 0 Å². The van der Waals surface area contributed by atoms with Crippen LogP contribution in [0.3, 0.4) is 0 Å². The number of likely N-dealkylation sites (tertiary alicyclic amines) is 1. The Labute approximate surface area is 123 Å². The molecule has 1 aromatic rings. The Morgan fingerprint density at radius 1 is 1.20 bits per heavy atom. The Balaban J connectivity index is 1.62. The number of hydrogen-bond acceptors (Lipinski definition) is 3.